The van der Waals surface area contributed by atoms with Crippen LogP contribution in [-0.2, 0) is 14.3 Å². The Labute approximate surface area is 184 Å². The number of esters is 1. The molecule has 0 radical (unpaired) electrons. The Morgan fingerprint density at radius 2 is 1.72 bits per heavy atom. The van der Waals surface area contributed by atoms with Crippen molar-refractivity contribution in [1.29, 1.82) is 0 Å². The first-order valence-electron chi connectivity index (χ1n) is 11.0. The molecule has 6 unspecified atom stereocenters. The molecule has 32 heavy (non-hydrogen) atoms. The third-order valence-electron chi connectivity index (χ3n) is 7.25. The Balaban J connectivity index is 1.18. The molecule has 7 nitrogen and oxygen atoms in total. The standard InChI is InChI=1S/C25H22N2O5/c1-2-31-25(30)14-5-3-13(4-6-14)20-10-7-15(32-20)12-26-27-23(28)21-16-8-9-17(19-11-18(16)19)22(21)24(27)29/h3-10,12,16-19,21-22H,2,11H2,1H3. The second-order valence-electron chi connectivity index (χ2n) is 8.89. The highest BCUT2D eigenvalue weighted by Gasteiger charge is 2.67. The molecule has 1 aliphatic heterocycles. The van der Waals surface area contributed by atoms with Gasteiger partial charge in [-0.1, -0.05) is 24.3 Å². The van der Waals surface area contributed by atoms with Gasteiger partial charge in [0.2, 0.25) is 0 Å². The lowest BCUT2D eigenvalue weighted by Crippen LogP contribution is -2.40. The maximum atomic E-state index is 13.0. The van der Waals surface area contributed by atoms with E-state index < -0.39 is 0 Å². The third-order valence-corrected chi connectivity index (χ3v) is 7.25. The summed E-state index contributed by atoms with van der Waals surface area (Å²) in [7, 11) is 0. The highest BCUT2D eigenvalue weighted by molar-refractivity contribution is 6.06. The van der Waals surface area contributed by atoms with Gasteiger partial charge in [-0.2, -0.15) is 10.1 Å². The van der Waals surface area contributed by atoms with Crippen LogP contribution >= 0.6 is 0 Å². The molecule has 7 heteroatoms. The number of nitrogens with zero attached hydrogens (tertiary/aromatic N) is 2. The zero-order valence-corrected chi connectivity index (χ0v) is 17.5. The van der Waals surface area contributed by atoms with Gasteiger partial charge in [0.25, 0.3) is 11.8 Å². The van der Waals surface area contributed by atoms with E-state index in [-0.39, 0.29) is 41.5 Å². The molecule has 2 bridgehead atoms. The molecule has 1 aromatic carbocycles. The van der Waals surface area contributed by atoms with Crippen molar-refractivity contribution < 1.29 is 23.5 Å². The van der Waals surface area contributed by atoms with Crippen LogP contribution in [0.3, 0.4) is 0 Å². The monoisotopic (exact) mass is 430 g/mol. The van der Waals surface area contributed by atoms with Crippen LogP contribution in [0.4, 0.5) is 0 Å². The van der Waals surface area contributed by atoms with E-state index in [9.17, 15) is 14.4 Å². The predicted octanol–water partition coefficient (Wildman–Crippen LogP) is 3.51. The van der Waals surface area contributed by atoms with Gasteiger partial charge in [-0.05, 0) is 61.3 Å². The molecule has 2 aromatic rings. The van der Waals surface area contributed by atoms with E-state index in [1.165, 1.54) is 6.21 Å². The third kappa shape index (κ3) is 2.80. The number of carbonyl (C=O) groups excluding carboxylic acids is 3. The molecule has 162 valence electrons. The zero-order chi connectivity index (χ0) is 22.0. The summed E-state index contributed by atoms with van der Waals surface area (Å²) >= 11 is 0. The van der Waals surface area contributed by atoms with E-state index in [0.717, 1.165) is 17.0 Å². The number of benzene rings is 1. The summed E-state index contributed by atoms with van der Waals surface area (Å²) in [5.74, 6) is 1.25. The maximum absolute atomic E-state index is 13.0. The molecule has 7 rings (SSSR count). The van der Waals surface area contributed by atoms with Crippen LogP contribution in [0.25, 0.3) is 11.3 Å². The number of allylic oxidation sites excluding steroid dienone is 2. The molecule has 6 atom stereocenters. The molecular formula is C25H22N2O5. The minimum atomic E-state index is -0.368. The Kier molecular flexibility index (Phi) is 4.22. The summed E-state index contributed by atoms with van der Waals surface area (Å²) in [6, 6.07) is 10.4. The number of amides is 2. The molecular weight excluding hydrogens is 408 g/mol. The van der Waals surface area contributed by atoms with Crippen LogP contribution in [0.5, 0.6) is 0 Å². The summed E-state index contributed by atoms with van der Waals surface area (Å²) in [6.07, 6.45) is 6.84. The topological polar surface area (TPSA) is 89.2 Å². The van der Waals surface area contributed by atoms with Gasteiger partial charge in [0.15, 0.2) is 0 Å². The molecule has 0 N–H and O–H groups in total. The van der Waals surface area contributed by atoms with E-state index in [0.29, 0.717) is 35.5 Å². The van der Waals surface area contributed by atoms with Gasteiger partial charge in [0.05, 0.1) is 30.2 Å². The summed E-state index contributed by atoms with van der Waals surface area (Å²) in [4.78, 5) is 37.7. The number of imide groups is 1. The fourth-order valence-corrected chi connectivity index (χ4v) is 5.73. The first-order valence-corrected chi connectivity index (χ1v) is 11.0. The predicted molar refractivity (Wildman–Crippen MR) is 114 cm³/mol. The molecule has 0 spiro atoms. The Morgan fingerprint density at radius 3 is 2.34 bits per heavy atom. The summed E-state index contributed by atoms with van der Waals surface area (Å²) in [6.45, 7) is 2.09. The molecule has 2 saturated carbocycles. The molecule has 3 fully saturated rings. The average molecular weight is 430 g/mol. The summed E-state index contributed by atoms with van der Waals surface area (Å²) in [5, 5.41) is 5.25. The van der Waals surface area contributed by atoms with Crippen LogP contribution in [0.2, 0.25) is 0 Å². The molecule has 2 heterocycles. The van der Waals surface area contributed by atoms with Crippen LogP contribution in [-0.4, -0.2) is 35.6 Å². The Hall–Kier alpha value is -3.48. The van der Waals surface area contributed by atoms with Crippen LogP contribution in [0.15, 0.2) is 58.1 Å². The quantitative estimate of drug-likeness (QED) is 0.313. The number of rotatable bonds is 5. The lowest BCUT2D eigenvalue weighted by atomic mass is 9.63. The first kappa shape index (κ1) is 19.2. The van der Waals surface area contributed by atoms with Crippen molar-refractivity contribution >= 4 is 24.0 Å². The number of carbonyl (C=O) groups is 3. The van der Waals surface area contributed by atoms with E-state index >= 15 is 0 Å². The average Bonchev–Trinajstić information content (AvgIpc) is 3.45. The number of hydrogen-bond acceptors (Lipinski definition) is 6. The fourth-order valence-electron chi connectivity index (χ4n) is 5.73. The maximum Gasteiger partial charge on any atom is 0.338 e. The minimum Gasteiger partial charge on any atom is -0.462 e. The summed E-state index contributed by atoms with van der Waals surface area (Å²) in [5.41, 5.74) is 1.26. The normalized spacial score (nSPS) is 31.8. The fraction of sp³-hybridized carbons (Fsp3) is 0.360. The largest absolute Gasteiger partial charge is 0.462 e. The van der Waals surface area contributed by atoms with Crippen molar-refractivity contribution in [1.82, 2.24) is 5.01 Å². The second kappa shape index (κ2) is 7.02. The minimum absolute atomic E-state index is 0.180. The van der Waals surface area contributed by atoms with E-state index in [4.69, 9.17) is 9.15 Å². The molecule has 1 saturated heterocycles. The van der Waals surface area contributed by atoms with Crippen LogP contribution in [0.1, 0.15) is 29.5 Å². The SMILES string of the molecule is CCOC(=O)c1ccc(-c2ccc(C=NN3C(=O)C4C5C=CC(C6CC56)C4C3=O)o2)cc1. The smallest absolute Gasteiger partial charge is 0.338 e. The van der Waals surface area contributed by atoms with Gasteiger partial charge in [-0.3, -0.25) is 9.59 Å². The first-order chi connectivity index (χ1) is 15.6. The number of ether oxygens (including phenoxy) is 1. The van der Waals surface area contributed by atoms with Crippen LogP contribution < -0.4 is 0 Å². The number of furan rings is 1. The number of hydrazone groups is 1. The van der Waals surface area contributed by atoms with Crippen molar-refractivity contribution in [3.05, 3.63) is 59.9 Å². The molecule has 2 amide bonds. The Morgan fingerprint density at radius 1 is 1.06 bits per heavy atom. The highest BCUT2D eigenvalue weighted by Crippen LogP contribution is 2.65. The Bertz CT molecular complexity index is 1140. The second-order valence-corrected chi connectivity index (χ2v) is 8.89. The molecule has 1 aromatic heterocycles. The van der Waals surface area contributed by atoms with Gasteiger partial charge in [0.1, 0.15) is 11.5 Å². The van der Waals surface area contributed by atoms with E-state index in [2.05, 4.69) is 17.3 Å². The van der Waals surface area contributed by atoms with Gasteiger partial charge in [0, 0.05) is 5.56 Å². The van der Waals surface area contributed by atoms with Crippen molar-refractivity contribution in [3.63, 3.8) is 0 Å². The lowest BCUT2D eigenvalue weighted by molar-refractivity contribution is -0.140. The van der Waals surface area contributed by atoms with E-state index in [1.54, 1.807) is 43.3 Å². The number of hydrogen-bond donors (Lipinski definition) is 0. The van der Waals surface area contributed by atoms with Gasteiger partial charge >= 0.3 is 5.97 Å². The highest BCUT2D eigenvalue weighted by atomic mass is 16.5. The molecule has 5 aliphatic rings. The van der Waals surface area contributed by atoms with E-state index in [1.807, 2.05) is 0 Å². The van der Waals surface area contributed by atoms with Crippen molar-refractivity contribution in [3.8, 4) is 11.3 Å². The van der Waals surface area contributed by atoms with Crippen molar-refractivity contribution in [2.24, 2.45) is 40.6 Å². The van der Waals surface area contributed by atoms with Crippen LogP contribution in [0, 0.1) is 35.5 Å². The van der Waals surface area contributed by atoms with Gasteiger partial charge < -0.3 is 9.15 Å². The van der Waals surface area contributed by atoms with Crippen molar-refractivity contribution in [2.75, 3.05) is 6.61 Å². The lowest BCUT2D eigenvalue weighted by Gasteiger charge is -2.37. The van der Waals surface area contributed by atoms with Gasteiger partial charge in [-0.15, -0.1) is 0 Å². The van der Waals surface area contributed by atoms with Gasteiger partial charge in [-0.25, -0.2) is 4.79 Å². The zero-order valence-electron chi connectivity index (χ0n) is 17.5. The summed E-state index contributed by atoms with van der Waals surface area (Å²) < 4.78 is 10.8. The van der Waals surface area contributed by atoms with Crippen molar-refractivity contribution in [2.45, 2.75) is 13.3 Å². The molecule has 4 aliphatic carbocycles.